The van der Waals surface area contributed by atoms with Gasteiger partial charge in [-0.1, -0.05) is 11.6 Å². The Balaban J connectivity index is 1.36. The zero-order valence-corrected chi connectivity index (χ0v) is 20.8. The normalized spacial score (nSPS) is 21.3. The summed E-state index contributed by atoms with van der Waals surface area (Å²) in [4.78, 5) is 16.8. The van der Waals surface area contributed by atoms with Crippen LogP contribution in [-0.4, -0.2) is 64.1 Å². The van der Waals surface area contributed by atoms with Crippen molar-refractivity contribution in [3.05, 3.63) is 45.5 Å². The molecular formula is C22H25ClF3N7O2S. The minimum absolute atomic E-state index is 0.0110. The fourth-order valence-corrected chi connectivity index (χ4v) is 5.18. The van der Waals surface area contributed by atoms with E-state index in [1.54, 1.807) is 4.31 Å². The molecule has 36 heavy (non-hydrogen) atoms. The summed E-state index contributed by atoms with van der Waals surface area (Å²) in [6.45, 7) is -1.48. The molecule has 1 N–H and O–H groups in total. The first kappa shape index (κ1) is 26.5. The first-order chi connectivity index (χ1) is 17.3. The number of ether oxygens (including phenoxy) is 1. The monoisotopic (exact) mass is 543 g/mol. The highest BCUT2D eigenvalue weighted by Gasteiger charge is 2.33. The second-order valence-electron chi connectivity index (χ2n) is 8.64. The molecule has 9 nitrogen and oxygen atoms in total. The third-order valence-corrected chi connectivity index (χ3v) is 7.55. The molecule has 0 saturated carbocycles. The topological polar surface area (TPSA) is 99.3 Å². The van der Waals surface area contributed by atoms with Crippen LogP contribution in [0.2, 0.25) is 5.02 Å². The van der Waals surface area contributed by atoms with Gasteiger partial charge in [0.05, 0.1) is 36.6 Å². The molecule has 0 spiro atoms. The molecule has 1 unspecified atom stereocenters. The Kier molecular flexibility index (Phi) is 8.61. The quantitative estimate of drug-likeness (QED) is 0.391. The van der Waals surface area contributed by atoms with Crippen molar-refractivity contribution in [1.82, 2.24) is 19.1 Å². The van der Waals surface area contributed by atoms with Crippen molar-refractivity contribution in [3.63, 3.8) is 0 Å². The molecule has 194 valence electrons. The van der Waals surface area contributed by atoms with Gasteiger partial charge in [0, 0.05) is 38.0 Å². The second-order valence-corrected chi connectivity index (χ2v) is 10.1. The summed E-state index contributed by atoms with van der Waals surface area (Å²) in [5.41, 5.74) is -1.48. The van der Waals surface area contributed by atoms with E-state index in [0.717, 1.165) is 16.4 Å². The molecule has 0 aromatic carbocycles. The zero-order chi connectivity index (χ0) is 25.7. The predicted molar refractivity (Wildman–Crippen MR) is 131 cm³/mol. The number of hydrogen-bond acceptors (Lipinski definition) is 9. The van der Waals surface area contributed by atoms with Gasteiger partial charge in [0.2, 0.25) is 0 Å². The van der Waals surface area contributed by atoms with Crippen LogP contribution in [-0.2, 0) is 4.74 Å². The minimum atomic E-state index is -2.81. The summed E-state index contributed by atoms with van der Waals surface area (Å²) < 4.78 is 51.2. The van der Waals surface area contributed by atoms with Crippen molar-refractivity contribution >= 4 is 35.2 Å². The van der Waals surface area contributed by atoms with Crippen LogP contribution in [0.3, 0.4) is 0 Å². The Morgan fingerprint density at radius 2 is 2.14 bits per heavy atom. The molecule has 4 heterocycles. The Hall–Kier alpha value is -2.53. The molecule has 0 bridgehead atoms. The van der Waals surface area contributed by atoms with Gasteiger partial charge in [-0.15, -0.1) is 0 Å². The number of piperidine rings is 1. The van der Waals surface area contributed by atoms with Gasteiger partial charge in [0.1, 0.15) is 16.9 Å². The van der Waals surface area contributed by atoms with Crippen molar-refractivity contribution in [2.45, 2.75) is 43.9 Å². The smallest absolute Gasteiger partial charge is 0.326 e. The lowest BCUT2D eigenvalue weighted by Crippen LogP contribution is -2.41. The fourth-order valence-electron chi connectivity index (χ4n) is 4.09. The summed E-state index contributed by atoms with van der Waals surface area (Å²) >= 11 is 7.13. The third-order valence-electron chi connectivity index (χ3n) is 6.07. The maximum Gasteiger partial charge on any atom is 0.326 e. The predicted octanol–water partition coefficient (Wildman–Crippen LogP) is 4.02. The van der Waals surface area contributed by atoms with Crippen molar-refractivity contribution < 1.29 is 17.9 Å². The molecular weight excluding hydrogens is 519 g/mol. The van der Waals surface area contributed by atoms with E-state index in [-0.39, 0.29) is 41.3 Å². The number of alkyl halides is 3. The number of nitriles is 1. The van der Waals surface area contributed by atoms with Gasteiger partial charge < -0.3 is 10.1 Å². The Morgan fingerprint density at radius 1 is 1.36 bits per heavy atom. The lowest BCUT2D eigenvalue weighted by atomic mass is 9.99. The number of nitrogens with zero attached hydrogens (tertiary/aromatic N) is 6. The van der Waals surface area contributed by atoms with Gasteiger partial charge in [-0.05, 0) is 37.8 Å². The van der Waals surface area contributed by atoms with E-state index in [9.17, 15) is 18.0 Å². The molecule has 0 radical (unpaired) electrons. The van der Waals surface area contributed by atoms with Crippen LogP contribution in [0.5, 0.6) is 0 Å². The summed E-state index contributed by atoms with van der Waals surface area (Å²) in [7, 11) is 0. The van der Waals surface area contributed by atoms with Gasteiger partial charge >= 0.3 is 6.55 Å². The van der Waals surface area contributed by atoms with Gasteiger partial charge in [-0.25, -0.2) is 22.7 Å². The summed E-state index contributed by atoms with van der Waals surface area (Å²) in [6.07, 6.45) is 4.63. The molecule has 14 heteroatoms. The summed E-state index contributed by atoms with van der Waals surface area (Å²) in [5.74, 6) is 0.0405. The molecule has 2 aromatic rings. The Labute approximate surface area is 215 Å². The number of rotatable bonds is 8. The van der Waals surface area contributed by atoms with Crippen molar-refractivity contribution in [2.24, 2.45) is 0 Å². The average Bonchev–Trinajstić information content (AvgIpc) is 2.89. The number of aromatic nitrogens is 3. The summed E-state index contributed by atoms with van der Waals surface area (Å²) in [5, 5.41) is 15.9. The zero-order valence-electron chi connectivity index (χ0n) is 19.2. The van der Waals surface area contributed by atoms with E-state index >= 15 is 0 Å². The largest absolute Gasteiger partial charge is 0.379 e. The van der Waals surface area contributed by atoms with Gasteiger partial charge in [0.15, 0.2) is 5.67 Å². The first-order valence-electron chi connectivity index (χ1n) is 11.4. The van der Waals surface area contributed by atoms with E-state index < -0.39 is 17.8 Å². The van der Waals surface area contributed by atoms with E-state index in [4.69, 9.17) is 21.6 Å². The van der Waals surface area contributed by atoms with Crippen LogP contribution in [0, 0.1) is 11.3 Å². The molecule has 2 aromatic heterocycles. The Morgan fingerprint density at radius 3 is 2.75 bits per heavy atom. The van der Waals surface area contributed by atoms with Gasteiger partial charge in [0.25, 0.3) is 5.56 Å². The molecule has 1 atom stereocenters. The second kappa shape index (κ2) is 11.7. The number of anilines is 2. The minimum Gasteiger partial charge on any atom is -0.379 e. The van der Waals surface area contributed by atoms with Crippen molar-refractivity contribution in [3.8, 4) is 6.07 Å². The molecule has 2 fully saturated rings. The van der Waals surface area contributed by atoms with Gasteiger partial charge in [-0.2, -0.15) is 19.1 Å². The number of nitrogens with one attached hydrogen (secondary N) is 1. The first-order valence-corrected chi connectivity index (χ1v) is 12.5. The van der Waals surface area contributed by atoms with Crippen molar-refractivity contribution in [1.29, 1.82) is 5.26 Å². The molecule has 0 aliphatic carbocycles. The van der Waals surface area contributed by atoms with Crippen LogP contribution >= 0.6 is 23.7 Å². The van der Waals surface area contributed by atoms with Crippen LogP contribution in [0.15, 0.2) is 29.3 Å². The summed E-state index contributed by atoms with van der Waals surface area (Å²) in [6, 6.07) is 4.45. The Bertz CT molecular complexity index is 1130. The highest BCUT2D eigenvalue weighted by atomic mass is 35.5. The number of halogens is 4. The fraction of sp³-hybridized carbons (Fsp3) is 0.545. The van der Waals surface area contributed by atoms with Crippen LogP contribution in [0.25, 0.3) is 0 Å². The molecule has 2 saturated heterocycles. The molecule has 2 aliphatic rings. The highest BCUT2D eigenvalue weighted by Crippen LogP contribution is 2.32. The maximum absolute atomic E-state index is 14.8. The maximum atomic E-state index is 14.8. The van der Waals surface area contributed by atoms with Crippen LogP contribution < -0.4 is 15.2 Å². The van der Waals surface area contributed by atoms with Crippen LogP contribution in [0.4, 0.5) is 24.7 Å². The van der Waals surface area contributed by atoms with E-state index in [2.05, 4.69) is 15.4 Å². The standard InChI is InChI=1S/C22H25ClF3N7O2S/c23-19-17(29-13-22(26)6-1-9-35-14-22)12-30-32(20(19)34)16-4-7-31(8-5-16)36-33(21(24)25)18-3-2-15(10-27)11-28-18/h2-3,11-12,16,21,29H,1,4-9,13-14H2. The highest BCUT2D eigenvalue weighted by molar-refractivity contribution is 7.98. The van der Waals surface area contributed by atoms with Crippen LogP contribution in [0.1, 0.15) is 37.3 Å². The SMILES string of the molecule is N#Cc1ccc(N(SN2CCC(n3ncc(NCC4(F)CCCOC4)c(Cl)c3=O)CC2)C(F)F)nc1. The molecule has 4 rings (SSSR count). The molecule has 0 amide bonds. The number of hydrogen-bond donors (Lipinski definition) is 1. The van der Waals surface area contributed by atoms with E-state index in [1.807, 2.05) is 6.07 Å². The van der Waals surface area contributed by atoms with Crippen molar-refractivity contribution in [2.75, 3.05) is 42.5 Å². The van der Waals surface area contributed by atoms with E-state index in [0.29, 0.717) is 45.4 Å². The number of pyridine rings is 1. The van der Waals surface area contributed by atoms with Gasteiger partial charge in [-0.3, -0.25) is 4.79 Å². The average molecular weight is 544 g/mol. The van der Waals surface area contributed by atoms with E-state index in [1.165, 1.54) is 29.2 Å². The lowest BCUT2D eigenvalue weighted by molar-refractivity contribution is -0.0234. The lowest BCUT2D eigenvalue weighted by Gasteiger charge is -2.34. The molecule has 2 aliphatic heterocycles. The third kappa shape index (κ3) is 6.23.